The largest absolute Gasteiger partial charge is 0.449 e. The molecule has 0 spiro atoms. The van der Waals surface area contributed by atoms with Gasteiger partial charge in [0.2, 0.25) is 0 Å². The van der Waals surface area contributed by atoms with Crippen LogP contribution in [-0.2, 0) is 10.9 Å². The van der Waals surface area contributed by atoms with E-state index < -0.39 is 17.8 Å². The minimum atomic E-state index is -4.55. The molecule has 32 heavy (non-hydrogen) atoms. The molecule has 4 rings (SSSR count). The summed E-state index contributed by atoms with van der Waals surface area (Å²) in [7, 11) is 0. The van der Waals surface area contributed by atoms with Gasteiger partial charge in [0.25, 0.3) is 0 Å². The fourth-order valence-electron chi connectivity index (χ4n) is 3.60. The second-order valence-corrected chi connectivity index (χ2v) is 7.40. The maximum absolute atomic E-state index is 12.8. The van der Waals surface area contributed by atoms with Crippen LogP contribution in [0.5, 0.6) is 0 Å². The van der Waals surface area contributed by atoms with Gasteiger partial charge in [0.1, 0.15) is 11.8 Å². The molecular formula is C24H16ClF3N2O2. The van der Waals surface area contributed by atoms with Crippen molar-refractivity contribution >= 4 is 17.7 Å². The van der Waals surface area contributed by atoms with Crippen LogP contribution in [0.1, 0.15) is 28.2 Å². The summed E-state index contributed by atoms with van der Waals surface area (Å²) in [6, 6.07) is 16.7. The lowest BCUT2D eigenvalue weighted by molar-refractivity contribution is -0.137. The van der Waals surface area contributed by atoms with Crippen molar-refractivity contribution in [3.63, 3.8) is 0 Å². The molecule has 0 unspecified atom stereocenters. The zero-order valence-corrected chi connectivity index (χ0v) is 17.3. The summed E-state index contributed by atoms with van der Waals surface area (Å²) in [6.45, 7) is 0.0277. The molecule has 4 nitrogen and oxygen atoms in total. The molecule has 1 heterocycles. The smallest absolute Gasteiger partial charge is 0.417 e. The van der Waals surface area contributed by atoms with Gasteiger partial charge < -0.3 is 10.1 Å². The number of nitrogens with one attached hydrogen (secondary N) is 1. The van der Waals surface area contributed by atoms with Gasteiger partial charge in [-0.05, 0) is 28.3 Å². The second kappa shape index (κ2) is 8.93. The van der Waals surface area contributed by atoms with E-state index in [1.165, 1.54) is 0 Å². The number of ether oxygens (including phenoxy) is 1. The van der Waals surface area contributed by atoms with E-state index in [-0.39, 0.29) is 29.8 Å². The van der Waals surface area contributed by atoms with Crippen molar-refractivity contribution in [2.24, 2.45) is 0 Å². The van der Waals surface area contributed by atoms with Crippen LogP contribution >= 0.6 is 11.6 Å². The first-order chi connectivity index (χ1) is 15.3. The summed E-state index contributed by atoms with van der Waals surface area (Å²) in [5, 5.41) is 2.32. The fourth-order valence-corrected chi connectivity index (χ4v) is 3.75. The third-order valence-electron chi connectivity index (χ3n) is 5.05. The van der Waals surface area contributed by atoms with Crippen LogP contribution in [0.25, 0.3) is 11.1 Å². The Labute approximate surface area is 187 Å². The summed E-state index contributed by atoms with van der Waals surface area (Å²) in [4.78, 5) is 15.6. The molecule has 8 heteroatoms. The second-order valence-electron chi connectivity index (χ2n) is 7.04. The quantitative estimate of drug-likeness (QED) is 0.409. The number of carbonyl (C=O) groups excluding carboxylic acids is 1. The molecule has 0 radical (unpaired) electrons. The third kappa shape index (κ3) is 4.56. The van der Waals surface area contributed by atoms with Crippen molar-refractivity contribution in [2.45, 2.75) is 12.1 Å². The van der Waals surface area contributed by atoms with Gasteiger partial charge in [-0.25, -0.2) is 9.78 Å². The minimum absolute atomic E-state index is 0.0733. The van der Waals surface area contributed by atoms with E-state index in [1.54, 1.807) is 0 Å². The Hall–Kier alpha value is -3.50. The van der Waals surface area contributed by atoms with Crippen LogP contribution in [0, 0.1) is 11.8 Å². The fraction of sp³-hybridized carbons (Fsp3) is 0.167. The molecule has 162 valence electrons. The number of rotatable bonds is 3. The number of hydrogen-bond acceptors (Lipinski definition) is 3. The van der Waals surface area contributed by atoms with Crippen LogP contribution < -0.4 is 5.32 Å². The van der Waals surface area contributed by atoms with Crippen molar-refractivity contribution in [3.05, 3.63) is 88.2 Å². The predicted octanol–water partition coefficient (Wildman–Crippen LogP) is 5.64. The average Bonchev–Trinajstić information content (AvgIpc) is 3.09. The Kier molecular flexibility index (Phi) is 6.06. The van der Waals surface area contributed by atoms with Crippen LogP contribution in [-0.4, -0.2) is 24.2 Å². The van der Waals surface area contributed by atoms with Gasteiger partial charge in [-0.2, -0.15) is 13.2 Å². The Balaban J connectivity index is 1.36. The van der Waals surface area contributed by atoms with E-state index in [2.05, 4.69) is 22.1 Å². The number of halogens is 4. The van der Waals surface area contributed by atoms with Crippen LogP contribution in [0.15, 0.2) is 60.8 Å². The minimum Gasteiger partial charge on any atom is -0.449 e. The molecule has 3 aromatic rings. The Morgan fingerprint density at radius 3 is 2.34 bits per heavy atom. The van der Waals surface area contributed by atoms with Gasteiger partial charge in [-0.3, -0.25) is 0 Å². The summed E-state index contributed by atoms with van der Waals surface area (Å²) in [6.07, 6.45) is -4.58. The number of alkyl carbamates (subject to hydrolysis) is 1. The monoisotopic (exact) mass is 456 g/mol. The first kappa shape index (κ1) is 21.7. The molecule has 0 saturated carbocycles. The average molecular weight is 457 g/mol. The van der Waals surface area contributed by atoms with Crippen molar-refractivity contribution in [1.82, 2.24) is 10.3 Å². The van der Waals surface area contributed by atoms with Crippen LogP contribution in [0.2, 0.25) is 5.15 Å². The zero-order chi connectivity index (χ0) is 22.7. The molecule has 1 aliphatic carbocycles. The van der Waals surface area contributed by atoms with E-state index in [0.29, 0.717) is 6.20 Å². The predicted molar refractivity (Wildman–Crippen MR) is 114 cm³/mol. The molecule has 0 bridgehead atoms. The molecule has 1 amide bonds. The van der Waals surface area contributed by atoms with E-state index in [4.69, 9.17) is 16.3 Å². The van der Waals surface area contributed by atoms with E-state index >= 15 is 0 Å². The maximum Gasteiger partial charge on any atom is 0.417 e. The summed E-state index contributed by atoms with van der Waals surface area (Å²) in [5.41, 5.74) is 3.40. The number of pyridine rings is 1. The van der Waals surface area contributed by atoms with Gasteiger partial charge in [-0.1, -0.05) is 72.0 Å². The molecule has 1 N–H and O–H groups in total. The maximum atomic E-state index is 12.8. The highest BCUT2D eigenvalue weighted by Crippen LogP contribution is 2.44. The molecule has 0 aliphatic heterocycles. The van der Waals surface area contributed by atoms with Gasteiger partial charge in [0, 0.05) is 12.1 Å². The van der Waals surface area contributed by atoms with Gasteiger partial charge in [0.05, 0.1) is 17.7 Å². The first-order valence-electron chi connectivity index (χ1n) is 9.65. The van der Waals surface area contributed by atoms with Gasteiger partial charge in [-0.15, -0.1) is 0 Å². The first-order valence-corrected chi connectivity index (χ1v) is 10.0. The lowest BCUT2D eigenvalue weighted by Gasteiger charge is -2.14. The highest BCUT2D eigenvalue weighted by atomic mass is 35.5. The molecule has 0 atom stereocenters. The van der Waals surface area contributed by atoms with Crippen molar-refractivity contribution < 1.29 is 22.7 Å². The van der Waals surface area contributed by atoms with Crippen molar-refractivity contribution in [2.75, 3.05) is 13.2 Å². The Morgan fingerprint density at radius 1 is 1.09 bits per heavy atom. The zero-order valence-electron chi connectivity index (χ0n) is 16.5. The number of benzene rings is 2. The Bertz CT molecular complexity index is 1190. The topological polar surface area (TPSA) is 51.2 Å². The van der Waals surface area contributed by atoms with Crippen LogP contribution in [0.3, 0.4) is 0 Å². The number of hydrogen-bond donors (Lipinski definition) is 1. The van der Waals surface area contributed by atoms with Gasteiger partial charge in [0.15, 0.2) is 0 Å². The van der Waals surface area contributed by atoms with E-state index in [0.717, 1.165) is 28.3 Å². The Morgan fingerprint density at radius 2 is 1.72 bits per heavy atom. The summed E-state index contributed by atoms with van der Waals surface area (Å²) < 4.78 is 43.7. The third-order valence-corrected chi connectivity index (χ3v) is 5.36. The number of carbonyl (C=O) groups is 1. The standard InChI is InChI=1S/C24H16ClF3N2O2/c25-22-15(12-16(13-30-22)24(26,27)28)6-5-11-29-23(31)32-14-21-19-9-3-1-7-17(19)18-8-2-4-10-20(18)21/h1-4,7-10,12-13,21H,11,14H2,(H,29,31). The number of aromatic nitrogens is 1. The molecule has 0 saturated heterocycles. The SMILES string of the molecule is O=C(NCC#Cc1cc(C(F)(F)F)cnc1Cl)OCC1c2ccccc2-c2ccccc21. The summed E-state index contributed by atoms with van der Waals surface area (Å²) in [5.74, 6) is 4.97. The lowest BCUT2D eigenvalue weighted by Crippen LogP contribution is -2.26. The lowest BCUT2D eigenvalue weighted by atomic mass is 9.98. The number of fused-ring (bicyclic) bond motifs is 3. The van der Waals surface area contributed by atoms with Crippen LogP contribution in [0.4, 0.5) is 18.0 Å². The van der Waals surface area contributed by atoms with Crippen molar-refractivity contribution in [3.8, 4) is 23.0 Å². The van der Waals surface area contributed by atoms with E-state index in [1.807, 2.05) is 48.5 Å². The normalized spacial score (nSPS) is 12.4. The molecule has 0 fully saturated rings. The molecule has 1 aliphatic rings. The number of amides is 1. The van der Waals surface area contributed by atoms with Crippen molar-refractivity contribution in [1.29, 1.82) is 0 Å². The molecular weight excluding hydrogens is 441 g/mol. The number of alkyl halides is 3. The van der Waals surface area contributed by atoms with E-state index in [9.17, 15) is 18.0 Å². The molecule has 1 aromatic heterocycles. The highest BCUT2D eigenvalue weighted by molar-refractivity contribution is 6.30. The molecule has 2 aromatic carbocycles. The van der Waals surface area contributed by atoms with Gasteiger partial charge >= 0.3 is 12.3 Å². The number of nitrogens with zero attached hydrogens (tertiary/aromatic N) is 1. The highest BCUT2D eigenvalue weighted by Gasteiger charge is 2.31. The summed E-state index contributed by atoms with van der Waals surface area (Å²) >= 11 is 5.80.